The molecule has 1 unspecified atom stereocenters. The summed E-state index contributed by atoms with van der Waals surface area (Å²) in [5, 5.41) is 0. The average Bonchev–Trinajstić information content (AvgIpc) is 2.91. The van der Waals surface area contributed by atoms with Crippen LogP contribution in [-0.4, -0.2) is 68.2 Å². The Morgan fingerprint density at radius 2 is 1.88 bits per heavy atom. The number of sulfonamides is 1. The molecule has 0 saturated carbocycles. The molecule has 1 aromatic rings. The van der Waals surface area contributed by atoms with Crippen LogP contribution < -0.4 is 0 Å². The summed E-state index contributed by atoms with van der Waals surface area (Å²) >= 11 is 0. The first-order chi connectivity index (χ1) is 15.1. The molecule has 8 heteroatoms. The molecule has 1 fully saturated rings. The van der Waals surface area contributed by atoms with Gasteiger partial charge in [-0.3, -0.25) is 0 Å². The average molecular weight is 467 g/mol. The fraction of sp³-hybridized carbons (Fsp3) is 0.625. The number of hydrogen-bond donors (Lipinski definition) is 0. The van der Waals surface area contributed by atoms with Crippen molar-refractivity contribution in [3.63, 3.8) is 0 Å². The Hall–Kier alpha value is -1.90. The zero-order valence-corrected chi connectivity index (χ0v) is 20.6. The van der Waals surface area contributed by atoms with Gasteiger partial charge in [0.25, 0.3) is 0 Å². The van der Waals surface area contributed by atoms with Crippen LogP contribution in [0, 0.1) is 5.92 Å². The molecule has 0 bridgehead atoms. The molecule has 1 aliphatic heterocycles. The summed E-state index contributed by atoms with van der Waals surface area (Å²) in [6.07, 6.45) is 3.80. The SMILES string of the molecule is C=CCC1CN(C(=O)OC(C)(C)C)C[C@H](COCCCC)N(S(=O)(=O)c2ccccc2)C1. The molecule has 2 rings (SSSR count). The van der Waals surface area contributed by atoms with E-state index in [1.807, 2.05) is 20.8 Å². The molecular formula is C24H38N2O5S. The van der Waals surface area contributed by atoms with Gasteiger partial charge in [0, 0.05) is 26.2 Å². The number of amides is 1. The predicted molar refractivity (Wildman–Crippen MR) is 126 cm³/mol. The topological polar surface area (TPSA) is 76.2 Å². The first kappa shape index (κ1) is 26.4. The van der Waals surface area contributed by atoms with E-state index < -0.39 is 27.8 Å². The molecule has 1 aromatic carbocycles. The monoisotopic (exact) mass is 466 g/mol. The molecule has 180 valence electrons. The van der Waals surface area contributed by atoms with Gasteiger partial charge in [0.05, 0.1) is 17.5 Å². The normalized spacial score (nSPS) is 20.6. The number of carbonyl (C=O) groups excluding carboxylic acids is 1. The Bertz CT molecular complexity index is 836. The van der Waals surface area contributed by atoms with E-state index in [4.69, 9.17) is 9.47 Å². The number of rotatable bonds is 9. The van der Waals surface area contributed by atoms with Gasteiger partial charge in [-0.2, -0.15) is 4.31 Å². The van der Waals surface area contributed by atoms with E-state index in [0.29, 0.717) is 19.6 Å². The fourth-order valence-electron chi connectivity index (χ4n) is 3.68. The van der Waals surface area contributed by atoms with Gasteiger partial charge < -0.3 is 14.4 Å². The van der Waals surface area contributed by atoms with Crippen molar-refractivity contribution in [1.82, 2.24) is 9.21 Å². The van der Waals surface area contributed by atoms with Crippen molar-refractivity contribution in [2.24, 2.45) is 5.92 Å². The molecule has 32 heavy (non-hydrogen) atoms. The number of hydrogen-bond acceptors (Lipinski definition) is 5. The standard InChI is InChI=1S/C24H38N2O5S/c1-6-8-15-30-19-21-18-25(23(27)31-24(3,4)5)16-20(12-7-2)17-26(21)32(28,29)22-13-10-9-11-14-22/h7,9-11,13-14,20-21H,2,6,8,12,15-19H2,1,3-5H3/t20?,21-/m1/s1. The Balaban J connectivity index is 2.39. The lowest BCUT2D eigenvalue weighted by Crippen LogP contribution is -2.48. The van der Waals surface area contributed by atoms with E-state index in [9.17, 15) is 13.2 Å². The van der Waals surface area contributed by atoms with Crippen LogP contribution in [0.25, 0.3) is 0 Å². The summed E-state index contributed by atoms with van der Waals surface area (Å²) in [7, 11) is -3.77. The highest BCUT2D eigenvalue weighted by molar-refractivity contribution is 7.89. The Morgan fingerprint density at radius 3 is 2.47 bits per heavy atom. The highest BCUT2D eigenvalue weighted by Gasteiger charge is 2.39. The maximum absolute atomic E-state index is 13.6. The predicted octanol–water partition coefficient (Wildman–Crippen LogP) is 4.31. The van der Waals surface area contributed by atoms with E-state index >= 15 is 0 Å². The van der Waals surface area contributed by atoms with Crippen molar-refractivity contribution in [2.45, 2.75) is 63.5 Å². The van der Waals surface area contributed by atoms with E-state index in [0.717, 1.165) is 12.8 Å². The maximum atomic E-state index is 13.6. The third-order valence-corrected chi connectivity index (χ3v) is 7.14. The summed E-state index contributed by atoms with van der Waals surface area (Å²) in [6, 6.07) is 7.90. The van der Waals surface area contributed by atoms with Gasteiger partial charge >= 0.3 is 6.09 Å². The molecule has 0 aliphatic carbocycles. The third kappa shape index (κ3) is 7.60. The number of unbranched alkanes of at least 4 members (excludes halogenated alkanes) is 1. The van der Waals surface area contributed by atoms with Crippen LogP contribution in [0.5, 0.6) is 0 Å². The molecule has 7 nitrogen and oxygen atoms in total. The van der Waals surface area contributed by atoms with Gasteiger partial charge in [0.1, 0.15) is 5.60 Å². The smallest absolute Gasteiger partial charge is 0.410 e. The highest BCUT2D eigenvalue weighted by Crippen LogP contribution is 2.26. The zero-order chi connectivity index (χ0) is 23.8. The van der Waals surface area contributed by atoms with Crippen LogP contribution >= 0.6 is 0 Å². The fourth-order valence-corrected chi connectivity index (χ4v) is 5.38. The molecule has 1 aliphatic rings. The Kier molecular flexibility index (Phi) is 9.73. The number of nitrogens with zero attached hydrogens (tertiary/aromatic N) is 2. The number of benzene rings is 1. The van der Waals surface area contributed by atoms with E-state index in [1.54, 1.807) is 41.3 Å². The Morgan fingerprint density at radius 1 is 1.19 bits per heavy atom. The summed E-state index contributed by atoms with van der Waals surface area (Å²) in [6.45, 7) is 13.0. The number of allylic oxidation sites excluding steroid dienone is 1. The summed E-state index contributed by atoms with van der Waals surface area (Å²) < 4.78 is 40.2. The lowest BCUT2D eigenvalue weighted by molar-refractivity contribution is 0.0185. The molecule has 2 atom stereocenters. The second kappa shape index (κ2) is 11.8. The maximum Gasteiger partial charge on any atom is 0.410 e. The minimum absolute atomic E-state index is 0.0980. The van der Waals surface area contributed by atoms with Crippen molar-refractivity contribution in [3.8, 4) is 0 Å². The molecule has 1 amide bonds. The van der Waals surface area contributed by atoms with Crippen LogP contribution in [-0.2, 0) is 19.5 Å². The van der Waals surface area contributed by atoms with E-state index in [2.05, 4.69) is 13.5 Å². The molecule has 0 N–H and O–H groups in total. The van der Waals surface area contributed by atoms with Gasteiger partial charge in [-0.25, -0.2) is 13.2 Å². The third-order valence-electron chi connectivity index (χ3n) is 5.21. The van der Waals surface area contributed by atoms with Gasteiger partial charge in [0.2, 0.25) is 10.0 Å². The molecule has 0 radical (unpaired) electrons. The molecule has 0 spiro atoms. The number of ether oxygens (including phenoxy) is 2. The highest BCUT2D eigenvalue weighted by atomic mass is 32.2. The zero-order valence-electron chi connectivity index (χ0n) is 19.8. The van der Waals surface area contributed by atoms with Crippen LogP contribution in [0.2, 0.25) is 0 Å². The first-order valence-electron chi connectivity index (χ1n) is 11.3. The minimum atomic E-state index is -3.77. The summed E-state index contributed by atoms with van der Waals surface area (Å²) in [5.41, 5.74) is -0.639. The quantitative estimate of drug-likeness (QED) is 0.400. The van der Waals surface area contributed by atoms with Crippen LogP contribution in [0.15, 0.2) is 47.9 Å². The van der Waals surface area contributed by atoms with Gasteiger partial charge in [-0.05, 0) is 51.7 Å². The largest absolute Gasteiger partial charge is 0.444 e. The van der Waals surface area contributed by atoms with Crippen LogP contribution in [0.4, 0.5) is 4.79 Å². The number of carbonyl (C=O) groups is 1. The van der Waals surface area contributed by atoms with Crippen LogP contribution in [0.1, 0.15) is 47.0 Å². The van der Waals surface area contributed by atoms with Crippen molar-refractivity contribution < 1.29 is 22.7 Å². The minimum Gasteiger partial charge on any atom is -0.444 e. The molecule has 1 saturated heterocycles. The summed E-state index contributed by atoms with van der Waals surface area (Å²) in [4.78, 5) is 14.8. The van der Waals surface area contributed by atoms with Crippen molar-refractivity contribution >= 4 is 16.1 Å². The van der Waals surface area contributed by atoms with Gasteiger partial charge in [-0.1, -0.05) is 37.6 Å². The first-order valence-corrected chi connectivity index (χ1v) is 12.8. The van der Waals surface area contributed by atoms with Gasteiger partial charge in [-0.15, -0.1) is 6.58 Å². The molecule has 0 aromatic heterocycles. The van der Waals surface area contributed by atoms with Crippen molar-refractivity contribution in [1.29, 1.82) is 0 Å². The second-order valence-electron chi connectivity index (χ2n) is 9.25. The van der Waals surface area contributed by atoms with Crippen molar-refractivity contribution in [2.75, 3.05) is 32.8 Å². The summed E-state index contributed by atoms with van der Waals surface area (Å²) in [5.74, 6) is -0.0980. The molecule has 1 heterocycles. The molecular weight excluding hydrogens is 428 g/mol. The lowest BCUT2D eigenvalue weighted by Gasteiger charge is -2.32. The second-order valence-corrected chi connectivity index (χ2v) is 11.1. The Labute approximate surface area is 193 Å². The van der Waals surface area contributed by atoms with E-state index in [-0.39, 0.29) is 30.5 Å². The van der Waals surface area contributed by atoms with Crippen LogP contribution in [0.3, 0.4) is 0 Å². The lowest BCUT2D eigenvalue weighted by atomic mass is 10.1. The van der Waals surface area contributed by atoms with Gasteiger partial charge in [0.15, 0.2) is 0 Å². The van der Waals surface area contributed by atoms with E-state index in [1.165, 1.54) is 4.31 Å². The van der Waals surface area contributed by atoms with Crippen molar-refractivity contribution in [3.05, 3.63) is 43.0 Å².